The third-order valence-corrected chi connectivity index (χ3v) is 5.62. The number of nitrogens with zero attached hydrogens (tertiary/aromatic N) is 1. The normalized spacial score (nSPS) is 14.1. The number of aliphatic imine (C=N–C) groups is 1. The third-order valence-electron chi connectivity index (χ3n) is 5.62. The third kappa shape index (κ3) is 4.24. The zero-order valence-electron chi connectivity index (χ0n) is 18.5. The maximum absolute atomic E-state index is 13.2. The smallest absolute Gasteiger partial charge is 0.345 e. The van der Waals surface area contributed by atoms with Crippen molar-refractivity contribution in [2.24, 2.45) is 4.99 Å². The number of urea groups is 1. The lowest BCUT2D eigenvalue weighted by Gasteiger charge is -2.19. The number of fused-ring (bicyclic) bond motifs is 2. The number of benzene rings is 3. The highest BCUT2D eigenvalue weighted by Gasteiger charge is 2.22. The van der Waals surface area contributed by atoms with Crippen LogP contribution in [0.2, 0.25) is 0 Å². The summed E-state index contributed by atoms with van der Waals surface area (Å²) < 4.78 is 5.99. The van der Waals surface area contributed by atoms with Crippen molar-refractivity contribution in [3.8, 4) is 5.75 Å². The lowest BCUT2D eigenvalue weighted by atomic mass is 9.93. The van der Waals surface area contributed by atoms with Gasteiger partial charge in [-0.3, -0.25) is 0 Å². The Morgan fingerprint density at radius 1 is 0.839 bits per heavy atom. The second kappa shape index (κ2) is 8.76. The summed E-state index contributed by atoms with van der Waals surface area (Å²) in [7, 11) is 0. The zero-order valence-corrected chi connectivity index (χ0v) is 18.5. The Kier molecular flexibility index (Phi) is 5.90. The van der Waals surface area contributed by atoms with Crippen LogP contribution in [-0.4, -0.2) is 11.7 Å². The fourth-order valence-corrected chi connectivity index (χ4v) is 4.02. The molecule has 0 spiro atoms. The Balaban J connectivity index is 1.80. The van der Waals surface area contributed by atoms with Crippen molar-refractivity contribution in [3.63, 3.8) is 0 Å². The molecule has 0 saturated carbocycles. The Morgan fingerprint density at radius 3 is 2.13 bits per heavy atom. The molecule has 158 valence electrons. The Bertz CT molecular complexity index is 1070. The average Bonchev–Trinajstić information content (AvgIpc) is 2.91. The highest BCUT2D eigenvalue weighted by Crippen LogP contribution is 2.33. The van der Waals surface area contributed by atoms with Crippen molar-refractivity contribution in [1.29, 1.82) is 0 Å². The summed E-state index contributed by atoms with van der Waals surface area (Å²) in [5, 5.41) is 3.10. The van der Waals surface area contributed by atoms with Crippen LogP contribution in [0.15, 0.2) is 71.7 Å². The van der Waals surface area contributed by atoms with E-state index in [1.165, 1.54) is 0 Å². The number of anilines is 1. The van der Waals surface area contributed by atoms with Gasteiger partial charge in [0, 0.05) is 16.8 Å². The van der Waals surface area contributed by atoms with Gasteiger partial charge in [0.1, 0.15) is 12.4 Å². The van der Waals surface area contributed by atoms with E-state index in [1.807, 2.05) is 48.5 Å². The predicted molar refractivity (Wildman–Crippen MR) is 126 cm³/mol. The molecule has 0 saturated heterocycles. The summed E-state index contributed by atoms with van der Waals surface area (Å²) in [6.07, 6.45) is 0. The molecule has 0 fully saturated rings. The first-order valence-electron chi connectivity index (χ1n) is 10.8. The molecule has 1 aliphatic rings. The van der Waals surface area contributed by atoms with E-state index < -0.39 is 0 Å². The number of amides is 2. The van der Waals surface area contributed by atoms with Crippen LogP contribution in [0, 0.1) is 0 Å². The molecule has 0 atom stereocenters. The number of nitrogens with one attached hydrogen (secondary N) is 1. The molecule has 0 aliphatic carbocycles. The molecular weight excluding hydrogens is 384 g/mol. The van der Waals surface area contributed by atoms with Crippen LogP contribution in [0.5, 0.6) is 5.75 Å². The van der Waals surface area contributed by atoms with Gasteiger partial charge in [0.15, 0.2) is 0 Å². The summed E-state index contributed by atoms with van der Waals surface area (Å²) in [4.78, 5) is 17.8. The molecular formula is C27H28N2O2. The SMILES string of the molecule is CC(C)c1cccc(C(C)C)c1NC(=O)/N=C1/c2ccccc2COc2ccccc21. The van der Waals surface area contributed by atoms with Crippen LogP contribution < -0.4 is 10.1 Å². The summed E-state index contributed by atoms with van der Waals surface area (Å²) in [6, 6.07) is 21.5. The summed E-state index contributed by atoms with van der Waals surface area (Å²) in [5.41, 5.74) is 6.49. The van der Waals surface area contributed by atoms with Gasteiger partial charge in [0.25, 0.3) is 0 Å². The van der Waals surface area contributed by atoms with Crippen LogP contribution >= 0.6 is 0 Å². The van der Waals surface area contributed by atoms with Gasteiger partial charge >= 0.3 is 6.03 Å². The summed E-state index contributed by atoms with van der Waals surface area (Å²) in [6.45, 7) is 8.99. The van der Waals surface area contributed by atoms with Crippen LogP contribution in [0.3, 0.4) is 0 Å². The van der Waals surface area contributed by atoms with Crippen molar-refractivity contribution >= 4 is 17.4 Å². The van der Waals surface area contributed by atoms with E-state index in [0.29, 0.717) is 12.3 Å². The topological polar surface area (TPSA) is 50.7 Å². The predicted octanol–water partition coefficient (Wildman–Crippen LogP) is 6.90. The summed E-state index contributed by atoms with van der Waals surface area (Å²) in [5.74, 6) is 1.31. The largest absolute Gasteiger partial charge is 0.488 e. The molecule has 4 nitrogen and oxygen atoms in total. The van der Waals surface area contributed by atoms with Gasteiger partial charge < -0.3 is 10.1 Å². The first-order chi connectivity index (χ1) is 15.0. The van der Waals surface area contributed by atoms with E-state index in [9.17, 15) is 4.79 Å². The van der Waals surface area contributed by atoms with Crippen LogP contribution in [-0.2, 0) is 6.61 Å². The maximum atomic E-state index is 13.2. The van der Waals surface area contributed by atoms with Gasteiger partial charge in [0.2, 0.25) is 0 Å². The molecule has 0 radical (unpaired) electrons. The monoisotopic (exact) mass is 412 g/mol. The fourth-order valence-electron chi connectivity index (χ4n) is 4.02. The van der Waals surface area contributed by atoms with Crippen molar-refractivity contribution in [1.82, 2.24) is 0 Å². The van der Waals surface area contributed by atoms with Gasteiger partial charge in [-0.15, -0.1) is 0 Å². The second-order valence-corrected chi connectivity index (χ2v) is 8.45. The molecule has 0 bridgehead atoms. The van der Waals surface area contributed by atoms with Gasteiger partial charge in [-0.05, 0) is 40.7 Å². The Hall–Kier alpha value is -3.40. The lowest BCUT2D eigenvalue weighted by molar-refractivity contribution is 0.259. The first-order valence-corrected chi connectivity index (χ1v) is 10.8. The lowest BCUT2D eigenvalue weighted by Crippen LogP contribution is -2.16. The molecule has 1 N–H and O–H groups in total. The van der Waals surface area contributed by atoms with Crippen molar-refractivity contribution in [2.75, 3.05) is 5.32 Å². The fraction of sp³-hybridized carbons (Fsp3) is 0.259. The van der Waals surface area contributed by atoms with E-state index in [4.69, 9.17) is 4.74 Å². The van der Waals surface area contributed by atoms with Crippen LogP contribution in [0.1, 0.15) is 67.3 Å². The van der Waals surface area contributed by atoms with E-state index in [1.54, 1.807) is 0 Å². The molecule has 0 unspecified atom stereocenters. The highest BCUT2D eigenvalue weighted by atomic mass is 16.5. The molecule has 2 amide bonds. The standard InChI is InChI=1S/C27H28N2O2/c1-17(2)20-13-9-14-21(18(3)4)25(20)28-27(30)29-26-22-11-6-5-10-19(22)16-31-24-15-8-7-12-23(24)26/h5-15,17-18H,16H2,1-4H3,(H,28,30)/b29-26-. The molecule has 0 aromatic heterocycles. The minimum Gasteiger partial charge on any atom is -0.488 e. The molecule has 31 heavy (non-hydrogen) atoms. The van der Waals surface area contributed by atoms with Crippen molar-refractivity contribution in [2.45, 2.75) is 46.1 Å². The van der Waals surface area contributed by atoms with E-state index in [2.05, 4.69) is 56.2 Å². The molecule has 4 heteroatoms. The van der Waals surface area contributed by atoms with Gasteiger partial charge in [-0.25, -0.2) is 4.79 Å². The number of carbonyl (C=O) groups excluding carboxylic acids is 1. The van der Waals surface area contributed by atoms with Gasteiger partial charge in [-0.2, -0.15) is 4.99 Å². The molecule has 3 aromatic carbocycles. The van der Waals surface area contributed by atoms with Crippen LogP contribution in [0.25, 0.3) is 0 Å². The van der Waals surface area contributed by atoms with Gasteiger partial charge in [0.05, 0.1) is 5.71 Å². The van der Waals surface area contributed by atoms with E-state index >= 15 is 0 Å². The molecule has 3 aromatic rings. The number of ether oxygens (including phenoxy) is 1. The Labute approximate surface area is 184 Å². The van der Waals surface area contributed by atoms with Crippen molar-refractivity contribution in [3.05, 3.63) is 94.5 Å². The van der Waals surface area contributed by atoms with E-state index in [0.717, 1.165) is 39.3 Å². The number of hydrogen-bond acceptors (Lipinski definition) is 2. The second-order valence-electron chi connectivity index (χ2n) is 8.45. The summed E-state index contributed by atoms with van der Waals surface area (Å²) >= 11 is 0. The minimum atomic E-state index is -0.378. The number of carbonyl (C=O) groups is 1. The molecule has 1 aliphatic heterocycles. The Morgan fingerprint density at radius 2 is 1.45 bits per heavy atom. The number of rotatable bonds is 3. The van der Waals surface area contributed by atoms with E-state index in [-0.39, 0.29) is 17.9 Å². The quantitative estimate of drug-likeness (QED) is 0.509. The zero-order chi connectivity index (χ0) is 22.0. The first kappa shape index (κ1) is 20.9. The van der Waals surface area contributed by atoms with Gasteiger partial charge in [-0.1, -0.05) is 82.3 Å². The molecule has 4 rings (SSSR count). The number of para-hydroxylation sites is 2. The highest BCUT2D eigenvalue weighted by molar-refractivity contribution is 6.20. The van der Waals surface area contributed by atoms with Crippen LogP contribution in [0.4, 0.5) is 10.5 Å². The number of hydrogen-bond donors (Lipinski definition) is 1. The minimum absolute atomic E-state index is 0.286. The average molecular weight is 413 g/mol. The molecule has 1 heterocycles. The maximum Gasteiger partial charge on any atom is 0.345 e. The van der Waals surface area contributed by atoms with Crippen molar-refractivity contribution < 1.29 is 9.53 Å².